The molecule has 1 aromatic rings. The Kier molecular flexibility index (Phi) is 14.4. The summed E-state index contributed by atoms with van der Waals surface area (Å²) in [5.41, 5.74) is -0.990. The van der Waals surface area contributed by atoms with Gasteiger partial charge in [0.2, 0.25) is 11.8 Å². The fourth-order valence-corrected chi connectivity index (χ4v) is 8.46. The summed E-state index contributed by atoms with van der Waals surface area (Å²) in [5.74, 6) is 0.900. The van der Waals surface area contributed by atoms with E-state index in [-0.39, 0.29) is 18.5 Å². The van der Waals surface area contributed by atoms with Gasteiger partial charge in [0, 0.05) is 30.6 Å². The Morgan fingerprint density at radius 3 is 2.14 bits per heavy atom. The summed E-state index contributed by atoms with van der Waals surface area (Å²) < 4.78 is 50.1. The minimum absolute atomic E-state index is 0.0155. The molecule has 1 aliphatic carbocycles. The van der Waals surface area contributed by atoms with Gasteiger partial charge in [-0.3, -0.25) is 0 Å². The fourth-order valence-electron chi connectivity index (χ4n) is 7.60. The van der Waals surface area contributed by atoms with E-state index in [4.69, 9.17) is 17.7 Å². The number of aromatic nitrogens is 2. The summed E-state index contributed by atoms with van der Waals surface area (Å²) in [6, 6.07) is -1.47. The summed E-state index contributed by atoms with van der Waals surface area (Å²) >= 11 is 0. The molecule has 0 unspecified atom stereocenters. The highest BCUT2D eigenvalue weighted by atomic mass is 32.3. The monoisotopic (exact) mass is 726 g/mol. The lowest BCUT2D eigenvalue weighted by molar-refractivity contribution is -0.172. The van der Waals surface area contributed by atoms with Crippen LogP contribution >= 0.6 is 0 Å². The molecule has 3 amide bonds. The molecule has 4 rings (SSSR count). The molecule has 3 aliphatic rings. The highest BCUT2D eigenvalue weighted by Gasteiger charge is 2.50. The molecular weight excluding hydrogens is 664 g/mol. The van der Waals surface area contributed by atoms with Crippen molar-refractivity contribution in [1.29, 1.82) is 0 Å². The number of unbranched alkanes of at least 4 members (excludes halogenated alkanes) is 3. The van der Waals surface area contributed by atoms with Crippen LogP contribution in [0.1, 0.15) is 175 Å². The molecule has 2 saturated heterocycles. The van der Waals surface area contributed by atoms with E-state index >= 15 is 0 Å². The number of fused-ring (bicyclic) bond motifs is 2. The van der Waals surface area contributed by atoms with Gasteiger partial charge in [0.15, 0.2) is 0 Å². The zero-order chi connectivity index (χ0) is 36.5. The number of piperidine rings is 1. The van der Waals surface area contributed by atoms with Crippen LogP contribution in [0.2, 0.25) is 0 Å². The molecule has 2 aliphatic heterocycles. The van der Waals surface area contributed by atoms with Gasteiger partial charge in [0.1, 0.15) is 11.6 Å². The van der Waals surface area contributed by atoms with Crippen LogP contribution in [0, 0.1) is 0 Å². The van der Waals surface area contributed by atoms with Gasteiger partial charge in [-0.15, -0.1) is 14.5 Å². The van der Waals surface area contributed by atoms with Crippen LogP contribution < -0.4 is 5.32 Å². The van der Waals surface area contributed by atoms with E-state index in [9.17, 15) is 18.0 Å². The number of ether oxygens (including phenoxy) is 1. The number of hydrogen-bond acceptors (Lipinski definition) is 11. The van der Waals surface area contributed by atoms with Crippen molar-refractivity contribution >= 4 is 22.5 Å². The zero-order valence-corrected chi connectivity index (χ0v) is 32.3. The molecule has 286 valence electrons. The van der Waals surface area contributed by atoms with Crippen LogP contribution in [0.4, 0.5) is 9.59 Å². The van der Waals surface area contributed by atoms with Crippen molar-refractivity contribution in [2.75, 3.05) is 13.1 Å². The highest BCUT2D eigenvalue weighted by Crippen LogP contribution is 2.41. The topological polar surface area (TPSA) is 157 Å². The highest BCUT2D eigenvalue weighted by molar-refractivity contribution is 7.81. The van der Waals surface area contributed by atoms with Gasteiger partial charge in [-0.05, 0) is 85.0 Å². The van der Waals surface area contributed by atoms with Crippen molar-refractivity contribution in [1.82, 2.24) is 30.5 Å². The van der Waals surface area contributed by atoms with Crippen molar-refractivity contribution in [3.63, 3.8) is 0 Å². The molecule has 2 bridgehead atoms. The van der Waals surface area contributed by atoms with Crippen molar-refractivity contribution in [2.24, 2.45) is 0 Å². The van der Waals surface area contributed by atoms with Gasteiger partial charge in [0.25, 0.3) is 0 Å². The smallest absolute Gasteiger partial charge is 0.437 e. The summed E-state index contributed by atoms with van der Waals surface area (Å²) in [5, 5.41) is 14.2. The van der Waals surface area contributed by atoms with Gasteiger partial charge in [-0.2, -0.15) is 22.8 Å². The minimum Gasteiger partial charge on any atom is -0.444 e. The largest absolute Gasteiger partial charge is 0.444 e. The molecule has 1 saturated carbocycles. The Balaban J connectivity index is 1.40. The van der Waals surface area contributed by atoms with Crippen molar-refractivity contribution in [3.05, 3.63) is 11.8 Å². The normalized spacial score (nSPS) is 23.2. The maximum Gasteiger partial charge on any atom is 0.437 e. The van der Waals surface area contributed by atoms with Gasteiger partial charge < -0.3 is 19.4 Å². The second-order valence-corrected chi connectivity index (χ2v) is 16.5. The predicted molar refractivity (Wildman–Crippen MR) is 188 cm³/mol. The van der Waals surface area contributed by atoms with Crippen LogP contribution in [0.15, 0.2) is 4.42 Å². The first-order valence-corrected chi connectivity index (χ1v) is 20.4. The fraction of sp³-hybridized carbons (Fsp3) is 0.886. The molecule has 0 aromatic carbocycles. The van der Waals surface area contributed by atoms with E-state index in [0.29, 0.717) is 31.2 Å². The van der Waals surface area contributed by atoms with Crippen LogP contribution in [0.3, 0.4) is 0 Å². The Morgan fingerprint density at radius 2 is 1.54 bits per heavy atom. The molecular formula is C35H62N6O8S. The molecule has 15 heteroatoms. The summed E-state index contributed by atoms with van der Waals surface area (Å²) in [7, 11) is -4.61. The number of urea groups is 1. The number of nitrogens with one attached hydrogen (secondary N) is 1. The lowest BCUT2D eigenvalue weighted by Gasteiger charge is -2.43. The van der Waals surface area contributed by atoms with Gasteiger partial charge in [-0.1, -0.05) is 66.2 Å². The van der Waals surface area contributed by atoms with Crippen molar-refractivity contribution in [3.8, 4) is 0 Å². The second-order valence-electron chi connectivity index (χ2n) is 15.4. The second kappa shape index (κ2) is 17.8. The lowest BCUT2D eigenvalue weighted by atomic mass is 9.82. The Hall–Kier alpha value is -2.49. The SMILES string of the molecule is CCCCN(OS(=O)(=O)ON1C(=O)N2C[C@H]1CC[C@H]2c1nnc(C2CCC(NC(=O)OC(C)(C)C)CC2)o1)C(CCC)(CCCC)CCCC. The number of rotatable bonds is 19. The maximum atomic E-state index is 13.7. The van der Waals surface area contributed by atoms with E-state index in [1.165, 1.54) is 0 Å². The summed E-state index contributed by atoms with van der Waals surface area (Å²) in [4.78, 5) is 27.4. The van der Waals surface area contributed by atoms with Crippen LogP contribution in [-0.4, -0.2) is 82.1 Å². The molecule has 0 radical (unpaired) electrons. The number of carbonyl (C=O) groups excluding carboxylic acids is 2. The number of nitrogens with zero attached hydrogens (tertiary/aromatic N) is 5. The zero-order valence-electron chi connectivity index (χ0n) is 31.4. The molecule has 2 atom stereocenters. The number of alkyl carbamates (subject to hydrolysis) is 1. The van der Waals surface area contributed by atoms with Crippen molar-refractivity contribution < 1.29 is 35.7 Å². The minimum atomic E-state index is -4.61. The van der Waals surface area contributed by atoms with Crippen LogP contribution in [0.5, 0.6) is 0 Å². The first-order chi connectivity index (χ1) is 23.7. The van der Waals surface area contributed by atoms with E-state index in [2.05, 4.69) is 43.2 Å². The quantitative estimate of drug-likeness (QED) is 0.139. The summed E-state index contributed by atoms with van der Waals surface area (Å²) in [6.45, 7) is 14.7. The van der Waals surface area contributed by atoms with Gasteiger partial charge in [-0.25, -0.2) is 9.59 Å². The Morgan fingerprint density at radius 1 is 0.900 bits per heavy atom. The third kappa shape index (κ3) is 10.5. The third-order valence-electron chi connectivity index (χ3n) is 10.2. The molecule has 50 heavy (non-hydrogen) atoms. The number of carbonyl (C=O) groups is 2. The van der Waals surface area contributed by atoms with E-state index < -0.39 is 45.7 Å². The molecule has 14 nitrogen and oxygen atoms in total. The third-order valence-corrected chi connectivity index (χ3v) is 10.9. The van der Waals surface area contributed by atoms with Gasteiger partial charge >= 0.3 is 22.5 Å². The first-order valence-electron chi connectivity index (χ1n) is 19.1. The average molecular weight is 727 g/mol. The van der Waals surface area contributed by atoms with Gasteiger partial charge in [0.05, 0.1) is 6.04 Å². The van der Waals surface area contributed by atoms with Crippen LogP contribution in [0.25, 0.3) is 0 Å². The maximum absolute atomic E-state index is 13.7. The van der Waals surface area contributed by atoms with Crippen molar-refractivity contribution in [2.45, 2.75) is 186 Å². The molecule has 1 aromatic heterocycles. The molecule has 1 N–H and O–H groups in total. The average Bonchev–Trinajstić information content (AvgIpc) is 3.64. The van der Waals surface area contributed by atoms with E-state index in [1.54, 1.807) is 9.96 Å². The predicted octanol–water partition coefficient (Wildman–Crippen LogP) is 7.69. The first kappa shape index (κ1) is 40.3. The lowest BCUT2D eigenvalue weighted by Crippen LogP contribution is -2.51. The van der Waals surface area contributed by atoms with E-state index in [1.807, 2.05) is 20.8 Å². The molecule has 3 fully saturated rings. The number of hydrogen-bond donors (Lipinski definition) is 1. The number of amides is 3. The van der Waals surface area contributed by atoms with Crippen LogP contribution in [-0.2, 0) is 23.7 Å². The Labute approximate surface area is 299 Å². The summed E-state index contributed by atoms with van der Waals surface area (Å²) in [6.07, 6.45) is 12.6. The van der Waals surface area contributed by atoms with E-state index in [0.717, 1.165) is 95.0 Å². The molecule has 3 heterocycles. The molecule has 0 spiro atoms. The standard InChI is InChI=1S/C35H62N6O8S/c1-8-12-22-35(21-11-4,23-13-9-2)40(24-14-10-3)48-50(44,45)49-41-28-19-20-29(39(25-28)33(41)43)31-38-37-30(46-31)26-15-17-27(18-16-26)36-32(42)47-34(5,6)7/h26-29H,8-25H2,1-7H3,(H,36,42)/t26?,27?,28-,29+/m1/s1. The Bertz CT molecular complexity index is 1330. The number of hydroxylamine groups is 4.